The molecule has 1 saturated carbocycles. The molecule has 1 N–H and O–H groups in total. The largest absolute Gasteiger partial charge is 0.466 e. The first-order chi connectivity index (χ1) is 20.4. The second-order valence-corrected chi connectivity index (χ2v) is 12.4. The molecule has 4 unspecified atom stereocenters. The molecule has 4 atom stereocenters. The number of nitrogens with one attached hydrogen (secondary N) is 1. The van der Waals surface area contributed by atoms with Gasteiger partial charge in [-0.05, 0) is 73.3 Å². The zero-order valence-corrected chi connectivity index (χ0v) is 25.0. The van der Waals surface area contributed by atoms with E-state index >= 15 is 0 Å². The molecule has 3 aliphatic rings. The number of hydrogen-bond donors (Lipinski definition) is 1. The van der Waals surface area contributed by atoms with Gasteiger partial charge in [-0.3, -0.25) is 4.79 Å². The van der Waals surface area contributed by atoms with E-state index in [9.17, 15) is 14.0 Å². The van der Waals surface area contributed by atoms with E-state index in [1.807, 2.05) is 0 Å². The van der Waals surface area contributed by atoms with Gasteiger partial charge in [-0.25, -0.2) is 14.2 Å². The van der Waals surface area contributed by atoms with Crippen LogP contribution in [0.4, 0.5) is 4.39 Å². The minimum atomic E-state index is -0.522. The first-order valence-corrected chi connectivity index (χ1v) is 15.9. The van der Waals surface area contributed by atoms with Crippen molar-refractivity contribution in [1.82, 2.24) is 10.3 Å². The molecule has 0 radical (unpaired) electrons. The Hall–Kier alpha value is -3.00. The summed E-state index contributed by atoms with van der Waals surface area (Å²) in [5.41, 5.74) is 1.32. The highest BCUT2D eigenvalue weighted by molar-refractivity contribution is 5.91. The number of nitrogens with zero attached hydrogens (tertiary/aromatic N) is 1. The summed E-state index contributed by atoms with van der Waals surface area (Å²) in [6, 6.07) is 4.61. The van der Waals surface area contributed by atoms with Crippen LogP contribution < -0.4 is 5.32 Å². The molecule has 3 heterocycles. The van der Waals surface area contributed by atoms with Crippen LogP contribution in [0.25, 0.3) is 6.08 Å². The maximum absolute atomic E-state index is 14.4. The number of rotatable bonds is 13. The Bertz CT molecular complexity index is 1250. The van der Waals surface area contributed by atoms with Gasteiger partial charge in [-0.15, -0.1) is 0 Å². The van der Waals surface area contributed by atoms with Crippen LogP contribution in [-0.4, -0.2) is 42.7 Å². The molecular weight excluding hydrogens is 535 g/mol. The molecule has 2 saturated heterocycles. The van der Waals surface area contributed by atoms with Crippen LogP contribution in [-0.2, 0) is 26.1 Å². The molecule has 3 fully saturated rings. The van der Waals surface area contributed by atoms with Crippen LogP contribution in [0.2, 0.25) is 0 Å². The second-order valence-electron chi connectivity index (χ2n) is 12.4. The van der Waals surface area contributed by atoms with Crippen molar-refractivity contribution in [3.05, 3.63) is 59.1 Å². The SMILES string of the molecule is CCC(Cc1cc(F)ccc1/C=C/C(=O)OC)C1(c2nc(C(=O)NCCCCC3CCCCC3)co2)CC2CCC1O2. The maximum atomic E-state index is 14.4. The molecule has 1 aromatic heterocycles. The number of carbonyl (C=O) groups excluding carboxylic acids is 2. The zero-order valence-electron chi connectivity index (χ0n) is 25.0. The summed E-state index contributed by atoms with van der Waals surface area (Å²) in [5, 5.41) is 3.03. The number of benzene rings is 1. The normalized spacial score (nSPS) is 24.7. The van der Waals surface area contributed by atoms with Crippen molar-refractivity contribution >= 4 is 18.0 Å². The molecule has 1 amide bonds. The van der Waals surface area contributed by atoms with Gasteiger partial charge < -0.3 is 19.2 Å². The topological polar surface area (TPSA) is 90.7 Å². The van der Waals surface area contributed by atoms with Crippen LogP contribution in [0.1, 0.15) is 111 Å². The Morgan fingerprint density at radius 1 is 1.19 bits per heavy atom. The number of aromatic nitrogens is 1. The monoisotopic (exact) mass is 580 g/mol. The lowest BCUT2D eigenvalue weighted by Gasteiger charge is -2.39. The molecule has 1 aliphatic carbocycles. The standard InChI is InChI=1S/C34H45FN2O5/c1-3-26(19-25-20-27(35)14-12-24(25)13-17-31(38)40-2)34(21-28-15-16-30(34)42-28)33-37-29(22-41-33)32(39)36-18-8-7-11-23-9-5-4-6-10-23/h12-14,17,20,22-23,26,28,30H,3-11,15-16,18-19,21H2,1-2H3,(H,36,39)/b17-13+. The highest BCUT2D eigenvalue weighted by Crippen LogP contribution is 2.55. The van der Waals surface area contributed by atoms with Gasteiger partial charge in [0, 0.05) is 12.6 Å². The van der Waals surface area contributed by atoms with Gasteiger partial charge in [0.15, 0.2) is 5.69 Å². The van der Waals surface area contributed by atoms with E-state index in [0.29, 0.717) is 24.6 Å². The van der Waals surface area contributed by atoms with Crippen molar-refractivity contribution in [2.45, 2.75) is 108 Å². The van der Waals surface area contributed by atoms with Crippen molar-refractivity contribution in [3.8, 4) is 0 Å². The third-order valence-electron chi connectivity index (χ3n) is 9.82. The van der Waals surface area contributed by atoms with E-state index in [2.05, 4.69) is 12.2 Å². The Balaban J connectivity index is 1.30. The fourth-order valence-electron chi connectivity index (χ4n) is 7.59. The second kappa shape index (κ2) is 14.0. The van der Waals surface area contributed by atoms with E-state index in [4.69, 9.17) is 18.9 Å². The molecule has 1 aromatic carbocycles. The van der Waals surface area contributed by atoms with E-state index in [1.54, 1.807) is 12.1 Å². The van der Waals surface area contributed by atoms with Gasteiger partial charge in [-0.2, -0.15) is 0 Å². The number of oxazole rings is 1. The number of ether oxygens (including phenoxy) is 2. The summed E-state index contributed by atoms with van der Waals surface area (Å²) in [4.78, 5) is 29.5. The van der Waals surface area contributed by atoms with E-state index in [0.717, 1.165) is 55.6 Å². The molecule has 42 heavy (non-hydrogen) atoms. The van der Waals surface area contributed by atoms with Gasteiger partial charge >= 0.3 is 5.97 Å². The zero-order chi connectivity index (χ0) is 29.5. The number of carbonyl (C=O) groups is 2. The Morgan fingerprint density at radius 3 is 2.74 bits per heavy atom. The number of esters is 1. The number of unbranched alkanes of at least 4 members (excludes halogenated alkanes) is 1. The van der Waals surface area contributed by atoms with Crippen molar-refractivity contribution in [2.75, 3.05) is 13.7 Å². The Morgan fingerprint density at radius 2 is 2.02 bits per heavy atom. The Kier molecular flexibility index (Phi) is 10.1. The van der Waals surface area contributed by atoms with E-state index < -0.39 is 11.4 Å². The molecular formula is C34H45FN2O5. The number of halogens is 1. The first-order valence-electron chi connectivity index (χ1n) is 15.9. The van der Waals surface area contributed by atoms with Crippen molar-refractivity contribution in [2.24, 2.45) is 11.8 Å². The Labute approximate surface area is 248 Å². The molecule has 2 aliphatic heterocycles. The third kappa shape index (κ3) is 6.80. The van der Waals surface area contributed by atoms with Crippen LogP contribution in [0.5, 0.6) is 0 Å². The number of fused-ring (bicyclic) bond motifs is 2. The van der Waals surface area contributed by atoms with Crippen LogP contribution in [0.15, 0.2) is 35.0 Å². The molecule has 7 nitrogen and oxygen atoms in total. The van der Waals surface area contributed by atoms with Gasteiger partial charge in [0.2, 0.25) is 5.89 Å². The fraction of sp³-hybridized carbons (Fsp3) is 0.618. The average molecular weight is 581 g/mol. The minimum Gasteiger partial charge on any atom is -0.466 e. The highest BCUT2D eigenvalue weighted by atomic mass is 19.1. The highest BCUT2D eigenvalue weighted by Gasteiger charge is 2.59. The maximum Gasteiger partial charge on any atom is 0.330 e. The van der Waals surface area contributed by atoms with Gasteiger partial charge in [0.25, 0.3) is 5.91 Å². The number of amides is 1. The molecule has 2 bridgehead atoms. The van der Waals surface area contributed by atoms with Gasteiger partial charge in [0.05, 0.1) is 24.7 Å². The summed E-state index contributed by atoms with van der Waals surface area (Å²) in [6.45, 7) is 2.75. The van der Waals surface area contributed by atoms with Crippen molar-refractivity contribution in [3.63, 3.8) is 0 Å². The predicted octanol–water partition coefficient (Wildman–Crippen LogP) is 6.94. The quantitative estimate of drug-likeness (QED) is 0.157. The molecule has 0 spiro atoms. The smallest absolute Gasteiger partial charge is 0.330 e. The first kappa shape index (κ1) is 30.5. The van der Waals surface area contributed by atoms with Crippen LogP contribution >= 0.6 is 0 Å². The summed E-state index contributed by atoms with van der Waals surface area (Å²) in [6.07, 6.45) is 18.6. The summed E-state index contributed by atoms with van der Waals surface area (Å²) < 4.78 is 31.6. The molecule has 2 aromatic rings. The van der Waals surface area contributed by atoms with Crippen molar-refractivity contribution < 1.29 is 27.9 Å². The van der Waals surface area contributed by atoms with Crippen LogP contribution in [0, 0.1) is 17.7 Å². The lowest BCUT2D eigenvalue weighted by molar-refractivity contribution is -0.134. The predicted molar refractivity (Wildman–Crippen MR) is 158 cm³/mol. The average Bonchev–Trinajstić information content (AvgIpc) is 3.77. The van der Waals surface area contributed by atoms with E-state index in [1.165, 1.54) is 70.1 Å². The van der Waals surface area contributed by atoms with Gasteiger partial charge in [0.1, 0.15) is 12.1 Å². The lowest BCUT2D eigenvalue weighted by Crippen LogP contribution is -2.45. The van der Waals surface area contributed by atoms with E-state index in [-0.39, 0.29) is 29.9 Å². The number of methoxy groups -OCH3 is 1. The van der Waals surface area contributed by atoms with Crippen molar-refractivity contribution in [1.29, 1.82) is 0 Å². The molecule has 228 valence electrons. The summed E-state index contributed by atoms with van der Waals surface area (Å²) in [5.74, 6) is 0.398. The summed E-state index contributed by atoms with van der Waals surface area (Å²) in [7, 11) is 1.33. The third-order valence-corrected chi connectivity index (χ3v) is 9.82. The molecule has 8 heteroatoms. The fourth-order valence-corrected chi connectivity index (χ4v) is 7.59. The minimum absolute atomic E-state index is 0.0224. The lowest BCUT2D eigenvalue weighted by atomic mass is 9.62. The number of hydrogen-bond acceptors (Lipinski definition) is 6. The molecule has 5 rings (SSSR count). The van der Waals surface area contributed by atoms with Gasteiger partial charge in [-0.1, -0.05) is 64.4 Å². The van der Waals surface area contributed by atoms with Crippen LogP contribution in [0.3, 0.4) is 0 Å². The summed E-state index contributed by atoms with van der Waals surface area (Å²) >= 11 is 0.